The number of nitrogens with zero attached hydrogens (tertiary/aromatic N) is 3. The van der Waals surface area contributed by atoms with Crippen molar-refractivity contribution < 1.29 is 9.53 Å². The zero-order valence-corrected chi connectivity index (χ0v) is 12.7. The van der Waals surface area contributed by atoms with Crippen LogP contribution >= 0.6 is 0 Å². The second-order valence-electron chi connectivity index (χ2n) is 5.66. The summed E-state index contributed by atoms with van der Waals surface area (Å²) in [5.41, 5.74) is 0.162. The zero-order chi connectivity index (χ0) is 15.5. The van der Waals surface area contributed by atoms with Gasteiger partial charge in [0.05, 0.1) is 19.0 Å². The molecule has 0 bridgehead atoms. The molecule has 0 atom stereocenters. The Morgan fingerprint density at radius 1 is 1.24 bits per heavy atom. The Morgan fingerprint density at radius 3 is 2.57 bits per heavy atom. The smallest absolute Gasteiger partial charge is 0.238 e. The van der Waals surface area contributed by atoms with Crippen molar-refractivity contribution in [2.45, 2.75) is 20.8 Å². The molecule has 0 N–H and O–H groups in total. The monoisotopic (exact) mass is 285 g/mol. The van der Waals surface area contributed by atoms with Gasteiger partial charge in [-0.3, -0.25) is 14.7 Å². The van der Waals surface area contributed by atoms with E-state index in [1.807, 2.05) is 39.0 Å². The molecule has 0 aliphatic rings. The molecule has 1 aromatic heterocycles. The molecule has 2 aromatic rings. The quantitative estimate of drug-likeness (QED) is 0.869. The largest absolute Gasteiger partial charge is 0.497 e. The number of benzene rings is 1. The Hall–Kier alpha value is -2.43. The Kier molecular flexibility index (Phi) is 4.21. The SMILES string of the molecule is COc1cccc(N(C(=O)C(C)(C)C)c2cnccn2)c1. The number of hydrogen-bond acceptors (Lipinski definition) is 4. The molecule has 0 aliphatic heterocycles. The minimum atomic E-state index is -0.541. The summed E-state index contributed by atoms with van der Waals surface area (Å²) < 4.78 is 5.23. The summed E-state index contributed by atoms with van der Waals surface area (Å²) in [5, 5.41) is 0. The third-order valence-corrected chi connectivity index (χ3v) is 2.93. The van der Waals surface area contributed by atoms with Gasteiger partial charge in [0.15, 0.2) is 5.82 Å². The third kappa shape index (κ3) is 3.37. The minimum Gasteiger partial charge on any atom is -0.497 e. The maximum absolute atomic E-state index is 12.8. The van der Waals surface area contributed by atoms with Crippen LogP contribution < -0.4 is 9.64 Å². The molecule has 0 spiro atoms. The van der Waals surface area contributed by atoms with Crippen molar-refractivity contribution in [3.05, 3.63) is 42.9 Å². The molecule has 0 saturated carbocycles. The summed E-state index contributed by atoms with van der Waals surface area (Å²) >= 11 is 0. The summed E-state index contributed by atoms with van der Waals surface area (Å²) in [6, 6.07) is 7.33. The van der Waals surface area contributed by atoms with E-state index in [4.69, 9.17) is 4.74 Å². The minimum absolute atomic E-state index is 0.0590. The molecule has 2 rings (SSSR count). The van der Waals surface area contributed by atoms with Crippen LogP contribution in [0.4, 0.5) is 11.5 Å². The molecule has 0 unspecified atom stereocenters. The first-order valence-electron chi connectivity index (χ1n) is 6.68. The number of amides is 1. The van der Waals surface area contributed by atoms with Gasteiger partial charge in [-0.1, -0.05) is 26.8 Å². The van der Waals surface area contributed by atoms with Gasteiger partial charge in [-0.15, -0.1) is 0 Å². The molecule has 5 nitrogen and oxygen atoms in total. The van der Waals surface area contributed by atoms with E-state index in [0.717, 1.165) is 0 Å². The molecule has 5 heteroatoms. The van der Waals surface area contributed by atoms with E-state index in [1.165, 1.54) is 0 Å². The van der Waals surface area contributed by atoms with Crippen LogP contribution in [0.25, 0.3) is 0 Å². The fourth-order valence-corrected chi connectivity index (χ4v) is 1.85. The van der Waals surface area contributed by atoms with Crippen LogP contribution in [0.2, 0.25) is 0 Å². The fourth-order valence-electron chi connectivity index (χ4n) is 1.85. The van der Waals surface area contributed by atoms with Crippen molar-refractivity contribution in [2.24, 2.45) is 5.41 Å². The number of ether oxygens (including phenoxy) is 1. The summed E-state index contributed by atoms with van der Waals surface area (Å²) in [6.45, 7) is 5.62. The van der Waals surface area contributed by atoms with Gasteiger partial charge in [0.25, 0.3) is 0 Å². The number of anilines is 2. The van der Waals surface area contributed by atoms with Gasteiger partial charge in [0, 0.05) is 23.9 Å². The maximum Gasteiger partial charge on any atom is 0.238 e. The van der Waals surface area contributed by atoms with E-state index >= 15 is 0 Å². The highest BCUT2D eigenvalue weighted by molar-refractivity contribution is 6.02. The third-order valence-electron chi connectivity index (χ3n) is 2.93. The second kappa shape index (κ2) is 5.91. The number of rotatable bonds is 3. The number of aromatic nitrogens is 2. The van der Waals surface area contributed by atoms with E-state index in [9.17, 15) is 4.79 Å². The lowest BCUT2D eigenvalue weighted by atomic mass is 9.94. The first-order valence-corrected chi connectivity index (χ1v) is 6.68. The Morgan fingerprint density at radius 2 is 2.00 bits per heavy atom. The second-order valence-corrected chi connectivity index (χ2v) is 5.66. The van der Waals surface area contributed by atoms with E-state index in [2.05, 4.69) is 9.97 Å². The van der Waals surface area contributed by atoms with E-state index < -0.39 is 5.41 Å². The van der Waals surface area contributed by atoms with E-state index in [0.29, 0.717) is 17.3 Å². The van der Waals surface area contributed by atoms with Crippen molar-refractivity contribution in [1.82, 2.24) is 9.97 Å². The maximum atomic E-state index is 12.8. The summed E-state index contributed by atoms with van der Waals surface area (Å²) in [4.78, 5) is 22.6. The highest BCUT2D eigenvalue weighted by Gasteiger charge is 2.30. The summed E-state index contributed by atoms with van der Waals surface area (Å²) in [5.74, 6) is 1.12. The van der Waals surface area contributed by atoms with Gasteiger partial charge in [0.2, 0.25) is 5.91 Å². The molecule has 0 saturated heterocycles. The van der Waals surface area contributed by atoms with Crippen molar-refractivity contribution in [1.29, 1.82) is 0 Å². The molecule has 1 amide bonds. The summed E-state index contributed by atoms with van der Waals surface area (Å²) in [7, 11) is 1.59. The van der Waals surface area contributed by atoms with E-state index in [1.54, 1.807) is 36.7 Å². The fraction of sp³-hybridized carbons (Fsp3) is 0.312. The highest BCUT2D eigenvalue weighted by atomic mass is 16.5. The Bertz CT molecular complexity index is 621. The lowest BCUT2D eigenvalue weighted by Gasteiger charge is -2.28. The average molecular weight is 285 g/mol. The van der Waals surface area contributed by atoms with Crippen molar-refractivity contribution >= 4 is 17.4 Å². The number of carbonyl (C=O) groups is 1. The van der Waals surface area contributed by atoms with Crippen molar-refractivity contribution in [2.75, 3.05) is 12.0 Å². The van der Waals surface area contributed by atoms with Gasteiger partial charge in [-0.25, -0.2) is 4.98 Å². The predicted octanol–water partition coefficient (Wildman–Crippen LogP) is 3.20. The standard InChI is InChI=1S/C16H19N3O2/c1-16(2,3)15(20)19(14-11-17-8-9-18-14)12-6-5-7-13(10-12)21-4/h5-11H,1-4H3. The van der Waals surface area contributed by atoms with Crippen molar-refractivity contribution in [3.8, 4) is 5.75 Å². The first-order chi connectivity index (χ1) is 9.93. The van der Waals surface area contributed by atoms with Crippen LogP contribution in [-0.2, 0) is 4.79 Å². The number of carbonyl (C=O) groups excluding carboxylic acids is 1. The molecule has 0 aliphatic carbocycles. The van der Waals surface area contributed by atoms with Crippen LogP contribution in [-0.4, -0.2) is 23.0 Å². The van der Waals surface area contributed by atoms with Crippen LogP contribution in [0.1, 0.15) is 20.8 Å². The molecular weight excluding hydrogens is 266 g/mol. The molecular formula is C16H19N3O2. The zero-order valence-electron chi connectivity index (χ0n) is 12.7. The lowest BCUT2D eigenvalue weighted by molar-refractivity contribution is -0.125. The van der Waals surface area contributed by atoms with Crippen LogP contribution in [0.15, 0.2) is 42.9 Å². The molecule has 21 heavy (non-hydrogen) atoms. The highest BCUT2D eigenvalue weighted by Crippen LogP contribution is 2.31. The van der Waals surface area contributed by atoms with Crippen LogP contribution in [0, 0.1) is 5.41 Å². The number of methoxy groups -OCH3 is 1. The molecule has 0 radical (unpaired) electrons. The van der Waals surface area contributed by atoms with Gasteiger partial charge in [-0.05, 0) is 12.1 Å². The lowest BCUT2D eigenvalue weighted by Crippen LogP contribution is -2.36. The van der Waals surface area contributed by atoms with E-state index in [-0.39, 0.29) is 5.91 Å². The normalized spacial score (nSPS) is 11.0. The van der Waals surface area contributed by atoms with Gasteiger partial charge >= 0.3 is 0 Å². The Balaban J connectivity index is 2.53. The van der Waals surface area contributed by atoms with Gasteiger partial charge < -0.3 is 4.74 Å². The van der Waals surface area contributed by atoms with Gasteiger partial charge in [-0.2, -0.15) is 0 Å². The topological polar surface area (TPSA) is 55.3 Å². The molecule has 1 aromatic carbocycles. The van der Waals surface area contributed by atoms with Crippen LogP contribution in [0.5, 0.6) is 5.75 Å². The first kappa shape index (κ1) is 15.0. The van der Waals surface area contributed by atoms with Crippen molar-refractivity contribution in [3.63, 3.8) is 0 Å². The van der Waals surface area contributed by atoms with Gasteiger partial charge in [0.1, 0.15) is 5.75 Å². The molecule has 1 heterocycles. The summed E-state index contributed by atoms with van der Waals surface area (Å²) in [6.07, 6.45) is 4.72. The molecule has 0 fully saturated rings. The Labute approximate surface area is 124 Å². The predicted molar refractivity (Wildman–Crippen MR) is 81.6 cm³/mol. The number of hydrogen-bond donors (Lipinski definition) is 0. The average Bonchev–Trinajstić information content (AvgIpc) is 2.48. The van der Waals surface area contributed by atoms with Crippen LogP contribution in [0.3, 0.4) is 0 Å². The molecule has 110 valence electrons.